The number of carboxylic acids is 1. The summed E-state index contributed by atoms with van der Waals surface area (Å²) >= 11 is 0. The zero-order chi connectivity index (χ0) is 13.3. The van der Waals surface area contributed by atoms with Crippen LogP contribution in [0.5, 0.6) is 0 Å². The van der Waals surface area contributed by atoms with Crippen LogP contribution in [0.3, 0.4) is 0 Å². The number of aryl methyl sites for hydroxylation is 1. The molecule has 0 saturated carbocycles. The second kappa shape index (κ2) is 4.45. The molecule has 18 heavy (non-hydrogen) atoms. The highest BCUT2D eigenvalue weighted by atomic mass is 16.4. The van der Waals surface area contributed by atoms with Gasteiger partial charge in [-0.3, -0.25) is 4.79 Å². The van der Waals surface area contributed by atoms with Gasteiger partial charge in [-0.05, 0) is 43.9 Å². The minimum atomic E-state index is -0.907. The van der Waals surface area contributed by atoms with Crippen LogP contribution >= 0.6 is 0 Å². The molecule has 2 rings (SSSR count). The summed E-state index contributed by atoms with van der Waals surface area (Å²) in [5.74, 6) is -0.781. The van der Waals surface area contributed by atoms with Crippen LogP contribution in [0.2, 0.25) is 0 Å². The Kier molecular flexibility index (Phi) is 3.12. The van der Waals surface area contributed by atoms with Crippen LogP contribution in [0.4, 0.5) is 0 Å². The van der Waals surface area contributed by atoms with Crippen molar-refractivity contribution in [2.45, 2.75) is 32.6 Å². The maximum absolute atomic E-state index is 11.8. The lowest BCUT2D eigenvalue weighted by Crippen LogP contribution is -2.35. The zero-order valence-corrected chi connectivity index (χ0v) is 11.0. The van der Waals surface area contributed by atoms with Gasteiger partial charge >= 0.3 is 5.97 Å². The van der Waals surface area contributed by atoms with E-state index in [0.29, 0.717) is 6.42 Å². The number of carbonyl (C=O) groups is 1. The van der Waals surface area contributed by atoms with Gasteiger partial charge in [0, 0.05) is 0 Å². The molecular formula is C16H18O2. The third-order valence-electron chi connectivity index (χ3n) is 3.84. The van der Waals surface area contributed by atoms with E-state index in [-0.39, 0.29) is 0 Å². The van der Waals surface area contributed by atoms with Crippen LogP contribution in [0.1, 0.15) is 30.0 Å². The molecule has 0 saturated heterocycles. The van der Waals surface area contributed by atoms with Gasteiger partial charge in [0.2, 0.25) is 0 Å². The van der Waals surface area contributed by atoms with Crippen LogP contribution in [0.25, 0.3) is 0 Å². The molecule has 2 heteroatoms. The molecule has 1 atom stereocenters. The van der Waals surface area contributed by atoms with Gasteiger partial charge in [0.1, 0.15) is 5.41 Å². The van der Waals surface area contributed by atoms with Crippen molar-refractivity contribution in [1.29, 1.82) is 0 Å². The number of aliphatic carboxylic acids is 1. The molecule has 1 aliphatic rings. The molecule has 1 aromatic carbocycles. The maximum Gasteiger partial charge on any atom is 0.318 e. The average Bonchev–Trinajstić information content (AvgIpc) is 2.34. The van der Waals surface area contributed by atoms with Gasteiger partial charge < -0.3 is 5.11 Å². The first-order chi connectivity index (χ1) is 8.47. The van der Waals surface area contributed by atoms with Gasteiger partial charge in [-0.25, -0.2) is 0 Å². The largest absolute Gasteiger partial charge is 0.480 e. The van der Waals surface area contributed by atoms with E-state index in [1.165, 1.54) is 0 Å². The number of carboxylic acid groups (broad SMARTS) is 1. The highest BCUT2D eigenvalue weighted by Gasteiger charge is 2.39. The highest BCUT2D eigenvalue weighted by Crippen LogP contribution is 2.37. The molecule has 0 heterocycles. The second-order valence-corrected chi connectivity index (χ2v) is 5.01. The third-order valence-corrected chi connectivity index (χ3v) is 3.84. The van der Waals surface area contributed by atoms with Crippen LogP contribution in [0.15, 0.2) is 42.0 Å². The fourth-order valence-electron chi connectivity index (χ4n) is 2.44. The lowest BCUT2D eigenvalue weighted by Gasteiger charge is -2.30. The Hall–Kier alpha value is -1.83. The van der Waals surface area contributed by atoms with Crippen molar-refractivity contribution in [3.63, 3.8) is 0 Å². The Labute approximate surface area is 108 Å². The van der Waals surface area contributed by atoms with E-state index in [9.17, 15) is 9.90 Å². The van der Waals surface area contributed by atoms with Gasteiger partial charge in [-0.15, -0.1) is 0 Å². The third kappa shape index (κ3) is 1.88. The normalized spacial score (nSPS) is 22.7. The smallest absolute Gasteiger partial charge is 0.318 e. The quantitative estimate of drug-likeness (QED) is 0.861. The monoisotopic (exact) mass is 242 g/mol. The summed E-state index contributed by atoms with van der Waals surface area (Å²) in [5.41, 5.74) is 3.31. The number of hydrogen-bond donors (Lipinski definition) is 1. The molecule has 0 spiro atoms. The Morgan fingerprint density at radius 2 is 2.00 bits per heavy atom. The van der Waals surface area contributed by atoms with E-state index in [2.05, 4.69) is 0 Å². The number of rotatable bonds is 2. The summed E-state index contributed by atoms with van der Waals surface area (Å²) in [7, 11) is 0. The topological polar surface area (TPSA) is 37.3 Å². The lowest BCUT2D eigenvalue weighted by molar-refractivity contribution is -0.141. The maximum atomic E-state index is 11.8. The standard InChI is InChI=1S/C16H18O2/c1-11-7-9-16(10-8-11,15(17)18)14-6-4-5-12(2)13(14)3/h4-9H,10H2,1-3H3,(H,17,18). The molecule has 0 radical (unpaired) electrons. The van der Waals surface area contributed by atoms with Crippen LogP contribution in [-0.4, -0.2) is 11.1 Å². The van der Waals surface area contributed by atoms with E-state index >= 15 is 0 Å². The van der Waals surface area contributed by atoms with Crippen molar-refractivity contribution in [3.8, 4) is 0 Å². The second-order valence-electron chi connectivity index (χ2n) is 5.01. The lowest BCUT2D eigenvalue weighted by atomic mass is 9.72. The molecular weight excluding hydrogens is 224 g/mol. The van der Waals surface area contributed by atoms with Gasteiger partial charge in [-0.1, -0.05) is 42.0 Å². The molecule has 0 bridgehead atoms. The fraction of sp³-hybridized carbons (Fsp3) is 0.312. The molecule has 0 fully saturated rings. The summed E-state index contributed by atoms with van der Waals surface area (Å²) < 4.78 is 0. The first-order valence-corrected chi connectivity index (χ1v) is 6.13. The number of hydrogen-bond acceptors (Lipinski definition) is 1. The number of allylic oxidation sites excluding steroid dienone is 3. The minimum absolute atomic E-state index is 0.523. The Morgan fingerprint density at radius 3 is 2.56 bits per heavy atom. The molecule has 1 unspecified atom stereocenters. The molecule has 1 N–H and O–H groups in total. The summed E-state index contributed by atoms with van der Waals surface area (Å²) in [4.78, 5) is 11.8. The van der Waals surface area contributed by atoms with Crippen LogP contribution < -0.4 is 0 Å². The molecule has 0 amide bonds. The van der Waals surface area contributed by atoms with Crippen LogP contribution in [-0.2, 0) is 10.2 Å². The van der Waals surface area contributed by atoms with Crippen molar-refractivity contribution in [2.75, 3.05) is 0 Å². The van der Waals surface area contributed by atoms with E-state index in [1.807, 2.05) is 57.2 Å². The Balaban J connectivity index is 2.60. The van der Waals surface area contributed by atoms with Crippen molar-refractivity contribution >= 4 is 5.97 Å². The van der Waals surface area contributed by atoms with Gasteiger partial charge in [0.25, 0.3) is 0 Å². The fourth-order valence-corrected chi connectivity index (χ4v) is 2.44. The summed E-state index contributed by atoms with van der Waals surface area (Å²) in [6.45, 7) is 6.00. The molecule has 1 aliphatic carbocycles. The first kappa shape index (κ1) is 12.6. The molecule has 2 nitrogen and oxygen atoms in total. The molecule has 1 aromatic rings. The summed E-state index contributed by atoms with van der Waals surface area (Å²) in [6, 6.07) is 5.87. The van der Waals surface area contributed by atoms with Crippen LogP contribution in [0, 0.1) is 13.8 Å². The Morgan fingerprint density at radius 1 is 1.28 bits per heavy atom. The van der Waals surface area contributed by atoms with E-state index in [4.69, 9.17) is 0 Å². The first-order valence-electron chi connectivity index (χ1n) is 6.13. The summed E-state index contributed by atoms with van der Waals surface area (Å²) in [6.07, 6.45) is 6.25. The van der Waals surface area contributed by atoms with Gasteiger partial charge in [0.15, 0.2) is 0 Å². The SMILES string of the molecule is CC1=CCC(C(=O)O)(c2cccc(C)c2C)C=C1. The number of benzene rings is 1. The van der Waals surface area contributed by atoms with Crippen molar-refractivity contribution in [2.24, 2.45) is 0 Å². The molecule has 94 valence electrons. The van der Waals surface area contributed by atoms with Gasteiger partial charge in [-0.2, -0.15) is 0 Å². The zero-order valence-electron chi connectivity index (χ0n) is 11.0. The van der Waals surface area contributed by atoms with E-state index in [0.717, 1.165) is 22.3 Å². The van der Waals surface area contributed by atoms with E-state index in [1.54, 1.807) is 0 Å². The van der Waals surface area contributed by atoms with Gasteiger partial charge in [0.05, 0.1) is 0 Å². The average molecular weight is 242 g/mol. The van der Waals surface area contributed by atoms with E-state index < -0.39 is 11.4 Å². The Bertz CT molecular complexity index is 552. The van der Waals surface area contributed by atoms with Crippen molar-refractivity contribution in [3.05, 3.63) is 58.7 Å². The molecule has 0 aliphatic heterocycles. The van der Waals surface area contributed by atoms with Crippen molar-refractivity contribution < 1.29 is 9.90 Å². The minimum Gasteiger partial charge on any atom is -0.480 e. The predicted molar refractivity (Wildman–Crippen MR) is 72.7 cm³/mol. The predicted octanol–water partition coefficient (Wildman–Crippen LogP) is 3.53. The highest BCUT2D eigenvalue weighted by molar-refractivity contribution is 5.85. The van der Waals surface area contributed by atoms with Crippen molar-refractivity contribution in [1.82, 2.24) is 0 Å². The molecule has 0 aromatic heterocycles. The summed E-state index contributed by atoms with van der Waals surface area (Å²) in [5, 5.41) is 9.66.